The average molecular weight is 476 g/mol. The summed E-state index contributed by atoms with van der Waals surface area (Å²) in [5, 5.41) is 6.18. The summed E-state index contributed by atoms with van der Waals surface area (Å²) in [6.45, 7) is 3.37. The Bertz CT molecular complexity index is 1330. The van der Waals surface area contributed by atoms with Crippen LogP contribution >= 0.6 is 0 Å². The normalized spacial score (nSPS) is 15.1. The van der Waals surface area contributed by atoms with Gasteiger partial charge in [0.2, 0.25) is 5.91 Å². The van der Waals surface area contributed by atoms with Crippen LogP contribution in [0.3, 0.4) is 0 Å². The molecule has 3 N–H and O–H groups in total. The van der Waals surface area contributed by atoms with E-state index in [4.69, 9.17) is 0 Å². The van der Waals surface area contributed by atoms with E-state index >= 15 is 0 Å². The van der Waals surface area contributed by atoms with Gasteiger partial charge in [0.05, 0.1) is 11.2 Å². The number of hydrogen-bond acceptors (Lipinski definition) is 6. The largest absolute Gasteiger partial charge is 0.362 e. The van der Waals surface area contributed by atoms with Gasteiger partial charge in [-0.2, -0.15) is 0 Å². The molecule has 0 bridgehead atoms. The molecule has 174 valence electrons. The summed E-state index contributed by atoms with van der Waals surface area (Å²) in [7, 11) is -3.66. The third-order valence-electron chi connectivity index (χ3n) is 5.09. The van der Waals surface area contributed by atoms with Crippen molar-refractivity contribution in [3.8, 4) is 0 Å². The first kappa shape index (κ1) is 23.1. The van der Waals surface area contributed by atoms with Gasteiger partial charge in [0.15, 0.2) is 0 Å². The molecular formula is C25H25N5O3S. The minimum Gasteiger partial charge on any atom is -0.362 e. The van der Waals surface area contributed by atoms with Gasteiger partial charge < -0.3 is 15.5 Å². The topological polar surface area (TPSA) is 103 Å². The number of aliphatic imine (C=N–C) groups is 1. The minimum absolute atomic E-state index is 0.142. The maximum Gasteiger partial charge on any atom is 0.261 e. The van der Waals surface area contributed by atoms with Crippen molar-refractivity contribution in [2.24, 2.45) is 4.99 Å². The van der Waals surface area contributed by atoms with Crippen LogP contribution in [0.4, 0.5) is 22.7 Å². The van der Waals surface area contributed by atoms with Crippen LogP contribution < -0.4 is 20.3 Å². The lowest BCUT2D eigenvalue weighted by molar-refractivity contribution is -0.114. The number of nitrogens with one attached hydrogen (secondary N) is 3. The molecule has 4 rings (SSSR count). The highest BCUT2D eigenvalue weighted by molar-refractivity contribution is 7.92. The van der Waals surface area contributed by atoms with Crippen molar-refractivity contribution in [2.45, 2.75) is 24.9 Å². The number of carbonyl (C=O) groups is 1. The zero-order chi connectivity index (χ0) is 24.1. The number of nitrogens with zero attached hydrogens (tertiary/aromatic N) is 2. The van der Waals surface area contributed by atoms with Crippen LogP contribution in [0.5, 0.6) is 0 Å². The molecule has 1 atom stereocenters. The maximum atomic E-state index is 12.6. The van der Waals surface area contributed by atoms with Gasteiger partial charge >= 0.3 is 0 Å². The monoisotopic (exact) mass is 475 g/mol. The second-order valence-electron chi connectivity index (χ2n) is 7.83. The van der Waals surface area contributed by atoms with Crippen LogP contribution in [0.15, 0.2) is 95.0 Å². The summed E-state index contributed by atoms with van der Waals surface area (Å²) in [4.78, 5) is 17.8. The van der Waals surface area contributed by atoms with Gasteiger partial charge in [0.1, 0.15) is 6.17 Å². The van der Waals surface area contributed by atoms with Crippen molar-refractivity contribution in [3.63, 3.8) is 0 Å². The van der Waals surface area contributed by atoms with Crippen LogP contribution in [0.1, 0.15) is 12.5 Å². The second kappa shape index (κ2) is 9.80. The Morgan fingerprint density at radius 2 is 1.65 bits per heavy atom. The lowest BCUT2D eigenvalue weighted by Crippen LogP contribution is -2.40. The second-order valence-corrected chi connectivity index (χ2v) is 9.51. The van der Waals surface area contributed by atoms with Crippen LogP contribution in [0.25, 0.3) is 0 Å². The Kier molecular flexibility index (Phi) is 6.65. The number of sulfonamides is 1. The number of benzene rings is 3. The SMILES string of the molecule is CC(=O)Nc1cccc(N2C=NC=CC2Nc2ccc(NS(=O)(=O)c3ccc(C)cc3)cc2)c1. The molecule has 3 aromatic carbocycles. The van der Waals surface area contributed by atoms with Gasteiger partial charge in [0.25, 0.3) is 10.0 Å². The standard InChI is InChI=1S/C25H25N5O3S/c1-18-6-12-24(13-7-18)34(32,33)29-21-10-8-20(9-11-21)28-25-14-15-26-17-30(25)23-5-3-4-22(16-23)27-19(2)31/h3-17,25,28-29H,1-2H3,(H,27,31). The van der Waals surface area contributed by atoms with E-state index in [9.17, 15) is 13.2 Å². The molecule has 1 aliphatic heterocycles. The van der Waals surface area contributed by atoms with E-state index in [1.165, 1.54) is 6.92 Å². The predicted octanol–water partition coefficient (Wildman–Crippen LogP) is 4.55. The molecule has 1 heterocycles. The van der Waals surface area contributed by atoms with E-state index in [1.807, 2.05) is 42.2 Å². The van der Waals surface area contributed by atoms with E-state index in [1.54, 1.807) is 61.1 Å². The van der Waals surface area contributed by atoms with Crippen molar-refractivity contribution in [2.75, 3.05) is 20.3 Å². The van der Waals surface area contributed by atoms with Crippen molar-refractivity contribution >= 4 is 45.0 Å². The molecular weight excluding hydrogens is 450 g/mol. The quantitative estimate of drug-likeness (QED) is 0.465. The van der Waals surface area contributed by atoms with Gasteiger partial charge in [-0.15, -0.1) is 0 Å². The zero-order valence-corrected chi connectivity index (χ0v) is 19.6. The van der Waals surface area contributed by atoms with Gasteiger partial charge in [-0.1, -0.05) is 23.8 Å². The van der Waals surface area contributed by atoms with E-state index in [2.05, 4.69) is 20.3 Å². The van der Waals surface area contributed by atoms with Crippen molar-refractivity contribution in [3.05, 3.63) is 90.6 Å². The van der Waals surface area contributed by atoms with Gasteiger partial charge in [0, 0.05) is 35.9 Å². The summed E-state index contributed by atoms with van der Waals surface area (Å²) in [5.41, 5.74) is 3.79. The number of amides is 1. The molecule has 1 unspecified atom stereocenters. The summed E-state index contributed by atoms with van der Waals surface area (Å²) >= 11 is 0. The fourth-order valence-electron chi connectivity index (χ4n) is 3.44. The molecule has 34 heavy (non-hydrogen) atoms. The van der Waals surface area contributed by atoms with Gasteiger partial charge in [-0.05, 0) is 67.6 Å². The number of rotatable bonds is 7. The van der Waals surface area contributed by atoms with E-state index < -0.39 is 10.0 Å². The lowest BCUT2D eigenvalue weighted by Gasteiger charge is -2.31. The van der Waals surface area contributed by atoms with Crippen molar-refractivity contribution in [1.29, 1.82) is 0 Å². The Hall–Kier alpha value is -4.11. The minimum atomic E-state index is -3.66. The Labute approximate surface area is 199 Å². The fraction of sp³-hybridized carbons (Fsp3) is 0.120. The third-order valence-corrected chi connectivity index (χ3v) is 6.49. The van der Waals surface area contributed by atoms with E-state index in [0.29, 0.717) is 11.4 Å². The fourth-order valence-corrected chi connectivity index (χ4v) is 4.49. The molecule has 0 aliphatic carbocycles. The highest BCUT2D eigenvalue weighted by Gasteiger charge is 2.18. The molecule has 1 amide bonds. The molecule has 8 nitrogen and oxygen atoms in total. The van der Waals surface area contributed by atoms with Crippen LogP contribution in [-0.4, -0.2) is 26.8 Å². The first-order valence-electron chi connectivity index (χ1n) is 10.6. The Morgan fingerprint density at radius 1 is 0.941 bits per heavy atom. The first-order chi connectivity index (χ1) is 16.3. The average Bonchev–Trinajstić information content (AvgIpc) is 2.81. The first-order valence-corrected chi connectivity index (χ1v) is 12.1. The maximum absolute atomic E-state index is 12.6. The molecule has 0 aromatic heterocycles. The predicted molar refractivity (Wildman–Crippen MR) is 137 cm³/mol. The number of hydrogen-bond donors (Lipinski definition) is 3. The number of carbonyl (C=O) groups excluding carboxylic acids is 1. The molecule has 0 saturated heterocycles. The lowest BCUT2D eigenvalue weighted by atomic mass is 10.2. The van der Waals surface area contributed by atoms with Crippen LogP contribution in [-0.2, 0) is 14.8 Å². The molecule has 0 spiro atoms. The summed E-state index contributed by atoms with van der Waals surface area (Å²) in [6, 6.07) is 21.2. The molecule has 3 aromatic rings. The zero-order valence-electron chi connectivity index (χ0n) is 18.8. The Balaban J connectivity index is 1.47. The molecule has 9 heteroatoms. The summed E-state index contributed by atoms with van der Waals surface area (Å²) < 4.78 is 27.9. The van der Waals surface area contributed by atoms with E-state index in [0.717, 1.165) is 16.9 Å². The van der Waals surface area contributed by atoms with Gasteiger partial charge in [-0.25, -0.2) is 13.4 Å². The highest BCUT2D eigenvalue weighted by Crippen LogP contribution is 2.25. The highest BCUT2D eigenvalue weighted by atomic mass is 32.2. The van der Waals surface area contributed by atoms with E-state index in [-0.39, 0.29) is 17.0 Å². The number of aryl methyl sites for hydroxylation is 1. The summed E-state index contributed by atoms with van der Waals surface area (Å²) in [6.07, 6.45) is 5.07. The Morgan fingerprint density at radius 3 is 2.35 bits per heavy atom. The molecule has 0 saturated carbocycles. The molecule has 1 aliphatic rings. The number of anilines is 4. The third kappa shape index (κ3) is 5.62. The molecule has 0 fully saturated rings. The van der Waals surface area contributed by atoms with Crippen LogP contribution in [0.2, 0.25) is 0 Å². The van der Waals surface area contributed by atoms with Crippen LogP contribution in [0, 0.1) is 6.92 Å². The van der Waals surface area contributed by atoms with Crippen molar-refractivity contribution in [1.82, 2.24) is 0 Å². The summed E-state index contributed by atoms with van der Waals surface area (Å²) in [5.74, 6) is -0.142. The smallest absolute Gasteiger partial charge is 0.261 e. The molecule has 0 radical (unpaired) electrons. The van der Waals surface area contributed by atoms with Crippen molar-refractivity contribution < 1.29 is 13.2 Å². The van der Waals surface area contributed by atoms with Gasteiger partial charge in [-0.3, -0.25) is 9.52 Å².